The predicted octanol–water partition coefficient (Wildman–Crippen LogP) is 2.11. The van der Waals surface area contributed by atoms with Crippen molar-refractivity contribution in [2.24, 2.45) is 12.2 Å². The minimum Gasteiger partial charge on any atom is -0.382 e. The van der Waals surface area contributed by atoms with E-state index in [0.29, 0.717) is 24.3 Å². The van der Waals surface area contributed by atoms with Crippen LogP contribution in [0.1, 0.15) is 18.4 Å². The largest absolute Gasteiger partial charge is 0.382 e. The number of hydrogen-bond acceptors (Lipinski definition) is 4. The maximum atomic E-state index is 13.5. The minimum absolute atomic E-state index is 0.180. The maximum absolute atomic E-state index is 13.5. The zero-order valence-corrected chi connectivity index (χ0v) is 12.7. The molecular formula is C16H17FN4O2. The second-order valence-corrected chi connectivity index (χ2v) is 5.33. The highest BCUT2D eigenvalue weighted by Gasteiger charge is 2.32. The lowest BCUT2D eigenvalue weighted by Gasteiger charge is -2.29. The molecule has 0 bridgehead atoms. The highest BCUT2D eigenvalue weighted by molar-refractivity contribution is 5.96. The molecule has 0 radical (unpaired) electrons. The van der Waals surface area contributed by atoms with Gasteiger partial charge in [0.05, 0.1) is 6.21 Å². The van der Waals surface area contributed by atoms with Crippen molar-refractivity contribution in [2.75, 3.05) is 11.4 Å². The number of piperidine rings is 1. The third kappa shape index (κ3) is 3.39. The van der Waals surface area contributed by atoms with E-state index in [2.05, 4.69) is 10.3 Å². The number of aryl methyl sites for hydroxylation is 1. The summed E-state index contributed by atoms with van der Waals surface area (Å²) in [5.41, 5.74) is 0.317. The molecule has 1 amide bonds. The van der Waals surface area contributed by atoms with Crippen LogP contribution in [0.5, 0.6) is 0 Å². The Kier molecular flexibility index (Phi) is 4.36. The van der Waals surface area contributed by atoms with E-state index in [1.54, 1.807) is 47.1 Å². The van der Waals surface area contributed by atoms with Crippen molar-refractivity contribution in [3.63, 3.8) is 0 Å². The lowest BCUT2D eigenvalue weighted by molar-refractivity contribution is -0.132. The van der Waals surface area contributed by atoms with Crippen LogP contribution in [0.4, 0.5) is 10.2 Å². The van der Waals surface area contributed by atoms with Gasteiger partial charge < -0.3 is 4.84 Å². The normalized spacial score (nSPS) is 18.6. The Morgan fingerprint density at radius 1 is 1.39 bits per heavy atom. The molecule has 0 N–H and O–H groups in total. The Balaban J connectivity index is 1.66. The lowest BCUT2D eigenvalue weighted by atomic mass is 10.1. The second kappa shape index (κ2) is 6.60. The number of halogens is 1. The molecule has 1 aliphatic heterocycles. The fourth-order valence-electron chi connectivity index (χ4n) is 2.45. The van der Waals surface area contributed by atoms with Gasteiger partial charge in [0.25, 0.3) is 5.91 Å². The minimum atomic E-state index is -0.672. The SMILES string of the molecule is Cn1ccc(N2CCCC(ON=Cc3ccccc3F)C2=O)n1. The van der Waals surface area contributed by atoms with Crippen LogP contribution in [0.3, 0.4) is 0 Å². The zero-order chi connectivity index (χ0) is 16.2. The summed E-state index contributed by atoms with van der Waals surface area (Å²) in [7, 11) is 1.80. The van der Waals surface area contributed by atoms with Crippen LogP contribution < -0.4 is 4.90 Å². The summed E-state index contributed by atoms with van der Waals surface area (Å²) >= 11 is 0. The topological polar surface area (TPSA) is 59.7 Å². The van der Waals surface area contributed by atoms with Crippen molar-refractivity contribution in [3.8, 4) is 0 Å². The van der Waals surface area contributed by atoms with Gasteiger partial charge in [-0.2, -0.15) is 5.10 Å². The summed E-state index contributed by atoms with van der Waals surface area (Å²) in [4.78, 5) is 19.3. The molecular weight excluding hydrogens is 299 g/mol. The highest BCUT2D eigenvalue weighted by Crippen LogP contribution is 2.21. The van der Waals surface area contributed by atoms with E-state index in [4.69, 9.17) is 4.84 Å². The molecule has 6 nitrogen and oxygen atoms in total. The van der Waals surface area contributed by atoms with E-state index in [1.807, 2.05) is 0 Å². The smallest absolute Gasteiger partial charge is 0.272 e. The highest BCUT2D eigenvalue weighted by atomic mass is 19.1. The number of benzene rings is 1. The van der Waals surface area contributed by atoms with Crippen LogP contribution in [-0.2, 0) is 16.7 Å². The molecule has 0 saturated carbocycles. The second-order valence-electron chi connectivity index (χ2n) is 5.33. The first kappa shape index (κ1) is 15.2. The maximum Gasteiger partial charge on any atom is 0.272 e. The van der Waals surface area contributed by atoms with E-state index in [0.717, 1.165) is 6.42 Å². The molecule has 2 aromatic rings. The van der Waals surface area contributed by atoms with Crippen molar-refractivity contribution < 1.29 is 14.0 Å². The van der Waals surface area contributed by atoms with Gasteiger partial charge in [0.15, 0.2) is 5.82 Å². The number of amides is 1. The molecule has 1 atom stereocenters. The molecule has 2 heterocycles. The van der Waals surface area contributed by atoms with E-state index in [1.165, 1.54) is 12.3 Å². The summed E-state index contributed by atoms with van der Waals surface area (Å²) in [6.45, 7) is 0.604. The third-order valence-corrected chi connectivity index (χ3v) is 3.65. The quantitative estimate of drug-likeness (QED) is 0.641. The van der Waals surface area contributed by atoms with Crippen LogP contribution in [-0.4, -0.2) is 34.6 Å². The summed E-state index contributed by atoms with van der Waals surface area (Å²) in [6, 6.07) is 8.02. The Hall–Kier alpha value is -2.70. The number of anilines is 1. The van der Waals surface area contributed by atoms with Gasteiger partial charge in [-0.3, -0.25) is 14.4 Å². The molecule has 1 fully saturated rings. The summed E-state index contributed by atoms with van der Waals surface area (Å²) < 4.78 is 15.1. The fraction of sp³-hybridized carbons (Fsp3) is 0.312. The van der Waals surface area contributed by atoms with E-state index >= 15 is 0 Å². The predicted molar refractivity (Wildman–Crippen MR) is 83.7 cm³/mol. The number of nitrogens with zero attached hydrogens (tertiary/aromatic N) is 4. The number of carbonyl (C=O) groups is 1. The van der Waals surface area contributed by atoms with Gasteiger partial charge in [0.2, 0.25) is 6.10 Å². The number of carbonyl (C=O) groups excluding carboxylic acids is 1. The first-order valence-electron chi connectivity index (χ1n) is 7.40. The van der Waals surface area contributed by atoms with E-state index in [-0.39, 0.29) is 11.7 Å². The summed E-state index contributed by atoms with van der Waals surface area (Å²) in [5.74, 6) is 0.0365. The monoisotopic (exact) mass is 316 g/mol. The Morgan fingerprint density at radius 2 is 2.22 bits per heavy atom. The van der Waals surface area contributed by atoms with Crippen molar-refractivity contribution in [1.82, 2.24) is 9.78 Å². The number of rotatable bonds is 4. The van der Waals surface area contributed by atoms with Crippen molar-refractivity contribution in [3.05, 3.63) is 47.9 Å². The van der Waals surface area contributed by atoms with Gasteiger partial charge in [-0.05, 0) is 18.9 Å². The first-order chi connectivity index (χ1) is 11.1. The molecule has 3 rings (SSSR count). The molecule has 1 saturated heterocycles. The molecule has 1 aliphatic rings. The number of oxime groups is 1. The number of hydrogen-bond donors (Lipinski definition) is 0. The van der Waals surface area contributed by atoms with Crippen LogP contribution in [0, 0.1) is 5.82 Å². The molecule has 7 heteroatoms. The van der Waals surface area contributed by atoms with Crippen LogP contribution >= 0.6 is 0 Å². The van der Waals surface area contributed by atoms with Gasteiger partial charge in [-0.15, -0.1) is 0 Å². The standard InChI is InChI=1S/C16H17FN4O2/c1-20-10-8-15(19-20)21-9-4-7-14(16(21)22)23-18-11-12-5-2-3-6-13(12)17/h2-3,5-6,8,10-11,14H,4,7,9H2,1H3. The average Bonchev–Trinajstić information content (AvgIpc) is 2.97. The molecule has 1 aromatic heterocycles. The molecule has 120 valence electrons. The van der Waals surface area contributed by atoms with Gasteiger partial charge in [-0.1, -0.05) is 23.4 Å². The van der Waals surface area contributed by atoms with Crippen molar-refractivity contribution in [2.45, 2.75) is 18.9 Å². The van der Waals surface area contributed by atoms with Gasteiger partial charge in [-0.25, -0.2) is 4.39 Å². The van der Waals surface area contributed by atoms with Crippen LogP contribution in [0.15, 0.2) is 41.7 Å². The van der Waals surface area contributed by atoms with Crippen LogP contribution in [0.25, 0.3) is 0 Å². The van der Waals surface area contributed by atoms with Gasteiger partial charge >= 0.3 is 0 Å². The van der Waals surface area contributed by atoms with E-state index < -0.39 is 6.10 Å². The van der Waals surface area contributed by atoms with Crippen molar-refractivity contribution in [1.29, 1.82) is 0 Å². The van der Waals surface area contributed by atoms with Gasteiger partial charge in [0, 0.05) is 31.4 Å². The third-order valence-electron chi connectivity index (χ3n) is 3.65. The van der Waals surface area contributed by atoms with E-state index in [9.17, 15) is 9.18 Å². The first-order valence-corrected chi connectivity index (χ1v) is 7.40. The summed E-state index contributed by atoms with van der Waals surface area (Å²) in [6.07, 6.45) is 3.76. The molecule has 1 aromatic carbocycles. The molecule has 0 aliphatic carbocycles. The van der Waals surface area contributed by atoms with Gasteiger partial charge in [0.1, 0.15) is 5.82 Å². The molecule has 23 heavy (non-hydrogen) atoms. The van der Waals surface area contributed by atoms with Crippen LogP contribution in [0.2, 0.25) is 0 Å². The Morgan fingerprint density at radius 3 is 2.96 bits per heavy atom. The Labute approximate surface area is 133 Å². The van der Waals surface area contributed by atoms with Crippen molar-refractivity contribution >= 4 is 17.9 Å². The summed E-state index contributed by atoms with van der Waals surface area (Å²) in [5, 5.41) is 8.01. The average molecular weight is 316 g/mol. The molecule has 1 unspecified atom stereocenters. The Bertz CT molecular complexity index is 728. The lowest BCUT2D eigenvalue weighted by Crippen LogP contribution is -2.45. The molecule has 0 spiro atoms. The zero-order valence-electron chi connectivity index (χ0n) is 12.7. The fourth-order valence-corrected chi connectivity index (χ4v) is 2.45. The number of aromatic nitrogens is 2.